The Morgan fingerprint density at radius 1 is 1.21 bits per heavy atom. The molecular weight excluding hydrogens is 420 g/mol. The van der Waals surface area contributed by atoms with Gasteiger partial charge in [0.2, 0.25) is 5.82 Å². The van der Waals surface area contributed by atoms with Crippen molar-refractivity contribution in [2.45, 2.75) is 38.8 Å². The Morgan fingerprint density at radius 2 is 2.03 bits per heavy atom. The van der Waals surface area contributed by atoms with E-state index in [4.69, 9.17) is 5.73 Å². The van der Waals surface area contributed by atoms with Crippen molar-refractivity contribution in [3.05, 3.63) is 48.4 Å². The molecule has 0 bridgehead atoms. The van der Waals surface area contributed by atoms with Crippen molar-refractivity contribution in [1.29, 1.82) is 0 Å². The fraction of sp³-hybridized carbons (Fsp3) is 0.364. The third-order valence-electron chi connectivity index (χ3n) is 5.78. The molecule has 1 fully saturated rings. The zero-order valence-corrected chi connectivity index (χ0v) is 18.6. The van der Waals surface area contributed by atoms with Crippen LogP contribution in [-0.4, -0.2) is 64.7 Å². The van der Waals surface area contributed by atoms with Crippen LogP contribution in [-0.2, 0) is 0 Å². The number of amides is 1. The largest absolute Gasteiger partial charge is 0.338 e. The second kappa shape index (κ2) is 8.58. The molecule has 5 rings (SSSR count). The van der Waals surface area contributed by atoms with Gasteiger partial charge in [-0.05, 0) is 50.1 Å². The number of rotatable bonds is 5. The molecular formula is C22H26N10O. The summed E-state index contributed by atoms with van der Waals surface area (Å²) in [7, 11) is 0. The summed E-state index contributed by atoms with van der Waals surface area (Å²) in [6, 6.07) is 9.76. The number of hydrogen-bond donors (Lipinski definition) is 2. The molecule has 0 atom stereocenters. The number of nitrogens with two attached hydrogens (primary N) is 1. The number of piperidine rings is 1. The zero-order chi connectivity index (χ0) is 22.9. The molecule has 1 saturated heterocycles. The fourth-order valence-electron chi connectivity index (χ4n) is 3.92. The van der Waals surface area contributed by atoms with E-state index in [2.05, 4.69) is 30.8 Å². The molecule has 3 N–H and O–H groups in total. The van der Waals surface area contributed by atoms with E-state index >= 15 is 0 Å². The summed E-state index contributed by atoms with van der Waals surface area (Å²) in [6.45, 7) is 5.30. The lowest BCUT2D eigenvalue weighted by molar-refractivity contribution is 0.0717. The van der Waals surface area contributed by atoms with E-state index in [0.717, 1.165) is 24.1 Å². The highest BCUT2D eigenvalue weighted by atomic mass is 16.2. The van der Waals surface area contributed by atoms with Crippen LogP contribution < -0.4 is 11.1 Å². The third kappa shape index (κ3) is 4.14. The molecule has 11 nitrogen and oxygen atoms in total. The van der Waals surface area contributed by atoms with Crippen LogP contribution >= 0.6 is 0 Å². The van der Waals surface area contributed by atoms with Crippen molar-refractivity contribution in [1.82, 2.24) is 39.7 Å². The number of anilines is 2. The van der Waals surface area contributed by atoms with Gasteiger partial charge in [-0.15, -0.1) is 10.2 Å². The average molecular weight is 447 g/mol. The Labute approximate surface area is 190 Å². The molecule has 1 amide bonds. The first-order valence-corrected chi connectivity index (χ1v) is 11.0. The lowest BCUT2D eigenvalue weighted by atomic mass is 10.1. The number of likely N-dealkylation sites (tertiary alicyclic amines) is 1. The molecule has 170 valence electrons. The molecule has 4 aromatic rings. The Hall–Kier alpha value is -3.86. The van der Waals surface area contributed by atoms with E-state index in [1.54, 1.807) is 21.6 Å². The summed E-state index contributed by atoms with van der Waals surface area (Å²) in [5.41, 5.74) is 8.81. The summed E-state index contributed by atoms with van der Waals surface area (Å²) < 4.78 is 1.66. The highest BCUT2D eigenvalue weighted by Crippen LogP contribution is 2.27. The van der Waals surface area contributed by atoms with E-state index in [-0.39, 0.29) is 18.0 Å². The maximum absolute atomic E-state index is 13.2. The van der Waals surface area contributed by atoms with E-state index in [1.807, 2.05) is 43.0 Å². The number of aromatic nitrogens is 7. The van der Waals surface area contributed by atoms with Crippen LogP contribution in [0.15, 0.2) is 42.9 Å². The quantitative estimate of drug-likeness (QED) is 0.477. The minimum absolute atomic E-state index is 0.0366. The van der Waals surface area contributed by atoms with Gasteiger partial charge in [-0.25, -0.2) is 9.50 Å². The van der Waals surface area contributed by atoms with Gasteiger partial charge in [0, 0.05) is 36.6 Å². The number of fused-ring (bicyclic) bond motifs is 1. The number of nitrogens with zero attached hydrogens (tertiary/aromatic N) is 8. The lowest BCUT2D eigenvalue weighted by Gasteiger charge is -2.30. The molecule has 0 unspecified atom stereocenters. The predicted octanol–water partition coefficient (Wildman–Crippen LogP) is 2.27. The molecule has 4 heterocycles. The number of benzene rings is 1. The zero-order valence-electron chi connectivity index (χ0n) is 18.6. The Morgan fingerprint density at radius 3 is 2.79 bits per heavy atom. The van der Waals surface area contributed by atoms with Crippen LogP contribution in [0.3, 0.4) is 0 Å². The minimum atomic E-state index is -0.0366. The standard InChI is InChI=1S/C22H26N10O/c1-14(2)32-28-20(27-29-32)15-4-3-5-17(12-15)26-21-19-18(8-11-31(19)25-13-24-21)22(33)30-9-6-16(23)7-10-30/h3-5,8,11-14,16H,6-7,9-10,23H2,1-2H3,(H,24,25,26). The number of carbonyl (C=O) groups excluding carboxylic acids is 1. The summed E-state index contributed by atoms with van der Waals surface area (Å²) >= 11 is 0. The van der Waals surface area contributed by atoms with Gasteiger partial charge in [0.1, 0.15) is 11.8 Å². The van der Waals surface area contributed by atoms with E-state index in [0.29, 0.717) is 35.8 Å². The van der Waals surface area contributed by atoms with Gasteiger partial charge in [0.15, 0.2) is 5.82 Å². The van der Waals surface area contributed by atoms with Crippen molar-refractivity contribution in [3.63, 3.8) is 0 Å². The van der Waals surface area contributed by atoms with Crippen molar-refractivity contribution in [2.24, 2.45) is 5.73 Å². The predicted molar refractivity (Wildman–Crippen MR) is 123 cm³/mol. The van der Waals surface area contributed by atoms with Crippen LogP contribution in [0.4, 0.5) is 11.5 Å². The monoisotopic (exact) mass is 446 g/mol. The normalized spacial score (nSPS) is 14.8. The topological polar surface area (TPSA) is 132 Å². The summed E-state index contributed by atoms with van der Waals surface area (Å²) in [5.74, 6) is 1.05. The summed E-state index contributed by atoms with van der Waals surface area (Å²) in [5, 5.41) is 20.3. The molecule has 0 spiro atoms. The second-order valence-corrected chi connectivity index (χ2v) is 8.49. The van der Waals surface area contributed by atoms with Crippen molar-refractivity contribution in [3.8, 4) is 11.4 Å². The number of tetrazole rings is 1. The second-order valence-electron chi connectivity index (χ2n) is 8.49. The molecule has 1 aliphatic rings. The first-order valence-electron chi connectivity index (χ1n) is 11.0. The van der Waals surface area contributed by atoms with Gasteiger partial charge in [0.25, 0.3) is 5.91 Å². The van der Waals surface area contributed by atoms with E-state index < -0.39 is 0 Å². The highest BCUT2D eigenvalue weighted by Gasteiger charge is 2.25. The summed E-state index contributed by atoms with van der Waals surface area (Å²) in [4.78, 5) is 21.1. The number of carbonyl (C=O) groups is 1. The number of hydrogen-bond acceptors (Lipinski definition) is 8. The van der Waals surface area contributed by atoms with E-state index in [9.17, 15) is 4.79 Å². The smallest absolute Gasteiger partial charge is 0.256 e. The van der Waals surface area contributed by atoms with Gasteiger partial charge in [0.05, 0.1) is 11.6 Å². The van der Waals surface area contributed by atoms with Gasteiger partial charge < -0.3 is 16.0 Å². The van der Waals surface area contributed by atoms with Gasteiger partial charge in [-0.1, -0.05) is 12.1 Å². The van der Waals surface area contributed by atoms with Gasteiger partial charge in [-0.2, -0.15) is 9.90 Å². The van der Waals surface area contributed by atoms with Crippen LogP contribution in [0.25, 0.3) is 16.9 Å². The molecule has 0 aliphatic carbocycles. The fourth-order valence-corrected chi connectivity index (χ4v) is 3.92. The Bertz CT molecular complexity index is 1290. The number of nitrogens with one attached hydrogen (secondary N) is 1. The van der Waals surface area contributed by atoms with Crippen molar-refractivity contribution in [2.75, 3.05) is 18.4 Å². The van der Waals surface area contributed by atoms with Crippen LogP contribution in [0, 0.1) is 0 Å². The summed E-state index contributed by atoms with van der Waals surface area (Å²) in [6.07, 6.45) is 4.85. The van der Waals surface area contributed by atoms with Crippen molar-refractivity contribution < 1.29 is 4.79 Å². The molecule has 0 saturated carbocycles. The highest BCUT2D eigenvalue weighted by molar-refractivity contribution is 6.04. The third-order valence-corrected chi connectivity index (χ3v) is 5.78. The first-order chi connectivity index (χ1) is 16.0. The molecule has 1 aromatic carbocycles. The Kier molecular flexibility index (Phi) is 5.47. The molecule has 1 aliphatic heterocycles. The molecule has 33 heavy (non-hydrogen) atoms. The van der Waals surface area contributed by atoms with Crippen molar-refractivity contribution >= 4 is 22.9 Å². The first kappa shape index (κ1) is 21.0. The molecule has 11 heteroatoms. The maximum Gasteiger partial charge on any atom is 0.256 e. The van der Waals surface area contributed by atoms with Gasteiger partial charge in [-0.3, -0.25) is 4.79 Å². The lowest BCUT2D eigenvalue weighted by Crippen LogP contribution is -2.42. The van der Waals surface area contributed by atoms with Crippen LogP contribution in [0.1, 0.15) is 43.1 Å². The average Bonchev–Trinajstić information content (AvgIpc) is 3.48. The SMILES string of the molecule is CC(C)n1nnc(-c2cccc(Nc3ncnn4ccc(C(=O)N5CCC(N)CC5)c34)c2)n1. The van der Waals surface area contributed by atoms with Crippen LogP contribution in [0.2, 0.25) is 0 Å². The molecule has 3 aromatic heterocycles. The molecule has 0 radical (unpaired) electrons. The van der Waals surface area contributed by atoms with Crippen LogP contribution in [0.5, 0.6) is 0 Å². The Balaban J connectivity index is 1.45. The minimum Gasteiger partial charge on any atom is -0.338 e. The van der Waals surface area contributed by atoms with Gasteiger partial charge >= 0.3 is 0 Å². The maximum atomic E-state index is 13.2. The van der Waals surface area contributed by atoms with E-state index in [1.165, 1.54) is 6.33 Å².